The Kier molecular flexibility index (Phi) is 12.5. The number of esters is 1. The van der Waals surface area contributed by atoms with E-state index < -0.39 is 42.3 Å². The van der Waals surface area contributed by atoms with Crippen molar-refractivity contribution in [2.24, 2.45) is 11.3 Å². The molecule has 0 aliphatic carbocycles. The summed E-state index contributed by atoms with van der Waals surface area (Å²) in [5.41, 5.74) is -0.250. The first-order valence-corrected chi connectivity index (χ1v) is 10.2. The van der Waals surface area contributed by atoms with Crippen LogP contribution in [0.3, 0.4) is 0 Å². The van der Waals surface area contributed by atoms with Gasteiger partial charge in [-0.15, -0.1) is 0 Å². The van der Waals surface area contributed by atoms with E-state index in [0.29, 0.717) is 0 Å². The van der Waals surface area contributed by atoms with E-state index in [4.69, 9.17) is 9.47 Å². The molecule has 0 rings (SSSR count). The maximum absolute atomic E-state index is 12.4. The maximum atomic E-state index is 12.4. The Labute approximate surface area is 184 Å². The van der Waals surface area contributed by atoms with Gasteiger partial charge in [0.1, 0.15) is 31.0 Å². The van der Waals surface area contributed by atoms with Gasteiger partial charge in [-0.2, -0.15) is 0 Å². The van der Waals surface area contributed by atoms with E-state index in [0.717, 1.165) is 7.11 Å². The Morgan fingerprint density at radius 1 is 1.00 bits per heavy atom. The van der Waals surface area contributed by atoms with Gasteiger partial charge in [-0.25, -0.2) is 0 Å². The van der Waals surface area contributed by atoms with Gasteiger partial charge in [-0.05, 0) is 12.3 Å². The molecule has 0 saturated carbocycles. The Hall–Kier alpha value is -2.01. The van der Waals surface area contributed by atoms with Crippen LogP contribution in [0.5, 0.6) is 0 Å². The number of carbonyl (C=O) groups excluding carboxylic acids is 3. The van der Waals surface area contributed by atoms with E-state index in [1.54, 1.807) is 19.9 Å². The number of carbonyl (C=O) groups is 3. The van der Waals surface area contributed by atoms with E-state index in [-0.39, 0.29) is 30.5 Å². The molecule has 180 valence electrons. The third kappa shape index (κ3) is 11.3. The van der Waals surface area contributed by atoms with Crippen molar-refractivity contribution in [2.45, 2.75) is 72.0 Å². The van der Waals surface area contributed by atoms with Gasteiger partial charge in [-0.1, -0.05) is 46.8 Å². The smallest absolute Gasteiger partial charge is 0.308 e. The summed E-state index contributed by atoms with van der Waals surface area (Å²) >= 11 is 0. The minimum absolute atomic E-state index is 0.00497. The number of ether oxygens (including phenoxy) is 2. The number of rotatable bonds is 12. The minimum atomic E-state index is -1.74. The number of hydrogen-bond acceptors (Lipinski definition) is 8. The predicted octanol–water partition coefficient (Wildman–Crippen LogP) is -0.493. The number of aliphatic hydroxyl groups is 3. The standard InChI is InChI=1S/C21H38N2O8/c1-12(2)20(29)31-11-10-22-18(27)13(3)23-19(28)17(30-7)16(26)15(25)14(24)8-9-21(4,5)6/h8-9,12-17,24-26H,10-11H2,1-7H3,(H,22,27)(H,23,28)/b9-8+/t13-,14+,15-,16+,17+/m0/s1. The number of allylic oxidation sites excluding steroid dienone is 1. The van der Waals surface area contributed by atoms with Crippen LogP contribution in [0, 0.1) is 11.3 Å². The first-order chi connectivity index (χ1) is 14.2. The number of hydrogen-bond donors (Lipinski definition) is 5. The van der Waals surface area contributed by atoms with Crippen LogP contribution in [0.1, 0.15) is 41.5 Å². The van der Waals surface area contributed by atoms with Gasteiger partial charge in [0.05, 0.1) is 12.5 Å². The number of nitrogens with one attached hydrogen (secondary N) is 2. The summed E-state index contributed by atoms with van der Waals surface area (Å²) in [6, 6.07) is -0.985. The number of amides is 2. The van der Waals surface area contributed by atoms with Crippen LogP contribution in [-0.4, -0.2) is 83.8 Å². The molecule has 0 aliphatic heterocycles. The van der Waals surface area contributed by atoms with E-state index in [9.17, 15) is 29.7 Å². The average molecular weight is 447 g/mol. The van der Waals surface area contributed by atoms with Crippen molar-refractivity contribution in [3.8, 4) is 0 Å². The van der Waals surface area contributed by atoms with E-state index >= 15 is 0 Å². The second kappa shape index (κ2) is 13.4. The van der Waals surface area contributed by atoms with Crippen molar-refractivity contribution >= 4 is 17.8 Å². The van der Waals surface area contributed by atoms with Crippen molar-refractivity contribution < 1.29 is 39.2 Å². The van der Waals surface area contributed by atoms with Crippen LogP contribution in [0.2, 0.25) is 0 Å². The third-order valence-electron chi connectivity index (χ3n) is 4.18. The molecule has 0 aromatic rings. The van der Waals surface area contributed by atoms with Crippen LogP contribution in [0.4, 0.5) is 0 Å². The zero-order valence-electron chi connectivity index (χ0n) is 19.4. The van der Waals surface area contributed by atoms with Gasteiger partial charge in [0.25, 0.3) is 5.91 Å². The third-order valence-corrected chi connectivity index (χ3v) is 4.18. The normalized spacial score (nSPS) is 17.0. The second-order valence-corrected chi connectivity index (χ2v) is 8.70. The Morgan fingerprint density at radius 2 is 1.58 bits per heavy atom. The van der Waals surface area contributed by atoms with Gasteiger partial charge in [0.15, 0.2) is 6.10 Å². The van der Waals surface area contributed by atoms with Crippen molar-refractivity contribution in [1.29, 1.82) is 0 Å². The first-order valence-electron chi connectivity index (χ1n) is 10.2. The molecule has 5 N–H and O–H groups in total. The fourth-order valence-corrected chi connectivity index (χ4v) is 2.29. The molecule has 0 aromatic heterocycles. The lowest BCUT2D eigenvalue weighted by Crippen LogP contribution is -2.55. The SMILES string of the molecule is CO[C@@H](C(=O)N[C@@H](C)C(=O)NCCOC(=O)C(C)C)[C@H](O)[C@@H](O)[C@H](O)/C=C/C(C)(C)C. The molecule has 0 aromatic carbocycles. The molecule has 31 heavy (non-hydrogen) atoms. The monoisotopic (exact) mass is 446 g/mol. The van der Waals surface area contributed by atoms with Gasteiger partial charge in [0, 0.05) is 7.11 Å². The molecule has 0 bridgehead atoms. The number of methoxy groups -OCH3 is 1. The summed E-state index contributed by atoms with van der Waals surface area (Å²) < 4.78 is 9.91. The highest BCUT2D eigenvalue weighted by atomic mass is 16.5. The highest BCUT2D eigenvalue weighted by Gasteiger charge is 2.36. The minimum Gasteiger partial charge on any atom is -0.464 e. The van der Waals surface area contributed by atoms with Gasteiger partial charge >= 0.3 is 5.97 Å². The fraction of sp³-hybridized carbons (Fsp3) is 0.762. The highest BCUT2D eigenvalue weighted by molar-refractivity contribution is 5.89. The van der Waals surface area contributed by atoms with Crippen molar-refractivity contribution in [1.82, 2.24) is 10.6 Å². The molecular formula is C21H38N2O8. The zero-order valence-corrected chi connectivity index (χ0v) is 19.4. The Morgan fingerprint density at radius 3 is 2.06 bits per heavy atom. The molecule has 10 heteroatoms. The van der Waals surface area contributed by atoms with E-state index in [2.05, 4.69) is 10.6 Å². The average Bonchev–Trinajstić information content (AvgIpc) is 2.67. The van der Waals surface area contributed by atoms with Gasteiger partial charge < -0.3 is 35.4 Å². The molecule has 10 nitrogen and oxygen atoms in total. The quantitative estimate of drug-likeness (QED) is 0.153. The first kappa shape index (κ1) is 29.0. The molecule has 0 radical (unpaired) electrons. The summed E-state index contributed by atoms with van der Waals surface area (Å²) in [7, 11) is 1.16. The molecular weight excluding hydrogens is 408 g/mol. The lowest BCUT2D eigenvalue weighted by molar-refractivity contribution is -0.150. The zero-order chi connectivity index (χ0) is 24.4. The fourth-order valence-electron chi connectivity index (χ4n) is 2.29. The predicted molar refractivity (Wildman–Crippen MR) is 114 cm³/mol. The van der Waals surface area contributed by atoms with Crippen LogP contribution in [-0.2, 0) is 23.9 Å². The van der Waals surface area contributed by atoms with Crippen LogP contribution in [0.15, 0.2) is 12.2 Å². The summed E-state index contributed by atoms with van der Waals surface area (Å²) in [5.74, 6) is -2.03. The van der Waals surface area contributed by atoms with E-state index in [1.807, 2.05) is 20.8 Å². The molecule has 0 aliphatic rings. The maximum Gasteiger partial charge on any atom is 0.308 e. The Balaban J connectivity index is 4.73. The molecule has 2 amide bonds. The molecule has 0 fully saturated rings. The summed E-state index contributed by atoms with van der Waals surface area (Å²) in [4.78, 5) is 35.9. The van der Waals surface area contributed by atoms with Crippen molar-refractivity contribution in [3.05, 3.63) is 12.2 Å². The molecule has 0 heterocycles. The molecule has 0 spiro atoms. The second-order valence-electron chi connectivity index (χ2n) is 8.70. The Bertz CT molecular complexity index is 615. The molecule has 0 unspecified atom stereocenters. The highest BCUT2D eigenvalue weighted by Crippen LogP contribution is 2.17. The van der Waals surface area contributed by atoms with E-state index in [1.165, 1.54) is 13.0 Å². The van der Waals surface area contributed by atoms with Crippen LogP contribution in [0.25, 0.3) is 0 Å². The molecule has 0 saturated heterocycles. The summed E-state index contributed by atoms with van der Waals surface area (Å²) in [6.45, 7) is 10.5. The summed E-state index contributed by atoms with van der Waals surface area (Å²) in [5, 5.41) is 35.4. The van der Waals surface area contributed by atoms with Crippen LogP contribution < -0.4 is 10.6 Å². The largest absolute Gasteiger partial charge is 0.464 e. The van der Waals surface area contributed by atoms with Gasteiger partial charge in [0.2, 0.25) is 5.91 Å². The summed E-state index contributed by atoms with van der Waals surface area (Å²) in [6.07, 6.45) is -3.37. The van der Waals surface area contributed by atoms with Gasteiger partial charge in [-0.3, -0.25) is 14.4 Å². The topological polar surface area (TPSA) is 154 Å². The number of aliphatic hydroxyl groups excluding tert-OH is 3. The van der Waals surface area contributed by atoms with Crippen molar-refractivity contribution in [3.63, 3.8) is 0 Å². The lowest BCUT2D eigenvalue weighted by atomic mass is 9.94. The molecule has 5 atom stereocenters. The lowest BCUT2D eigenvalue weighted by Gasteiger charge is -2.28. The van der Waals surface area contributed by atoms with Crippen LogP contribution >= 0.6 is 0 Å². The van der Waals surface area contributed by atoms with Crippen molar-refractivity contribution in [2.75, 3.05) is 20.3 Å².